The van der Waals surface area contributed by atoms with Gasteiger partial charge in [-0.15, -0.1) is 0 Å². The second-order valence-corrected chi connectivity index (χ2v) is 7.49. The van der Waals surface area contributed by atoms with Crippen LogP contribution in [-0.4, -0.2) is 0 Å². The van der Waals surface area contributed by atoms with Crippen molar-refractivity contribution < 1.29 is 0 Å². The molecule has 26 heavy (non-hydrogen) atoms. The summed E-state index contributed by atoms with van der Waals surface area (Å²) >= 11 is 0. The molecule has 6 rings (SSSR count). The average molecular weight is 330 g/mol. The van der Waals surface area contributed by atoms with Crippen molar-refractivity contribution in [1.29, 1.82) is 0 Å². The van der Waals surface area contributed by atoms with Crippen molar-refractivity contribution in [3.8, 4) is 0 Å². The molecule has 122 valence electrons. The Bertz CT molecular complexity index is 1170. The topological polar surface area (TPSA) is 0 Å². The van der Waals surface area contributed by atoms with Crippen LogP contribution < -0.4 is 0 Å². The Labute approximate surface area is 153 Å². The van der Waals surface area contributed by atoms with Crippen LogP contribution in [0.2, 0.25) is 0 Å². The third-order valence-corrected chi connectivity index (χ3v) is 5.85. The minimum Gasteiger partial charge on any atom is -0.0616 e. The zero-order chi connectivity index (χ0) is 17.1. The van der Waals surface area contributed by atoms with Gasteiger partial charge in [0.25, 0.3) is 0 Å². The van der Waals surface area contributed by atoms with Crippen molar-refractivity contribution in [1.82, 2.24) is 0 Å². The minimum absolute atomic E-state index is 1.06. The fourth-order valence-electron chi connectivity index (χ4n) is 4.49. The minimum atomic E-state index is 1.06. The monoisotopic (exact) mass is 330 g/mol. The van der Waals surface area contributed by atoms with Gasteiger partial charge in [0.05, 0.1) is 0 Å². The van der Waals surface area contributed by atoms with Gasteiger partial charge in [-0.2, -0.15) is 0 Å². The van der Waals surface area contributed by atoms with Gasteiger partial charge in [-0.05, 0) is 79.9 Å². The Morgan fingerprint density at radius 1 is 0.462 bits per heavy atom. The van der Waals surface area contributed by atoms with Crippen LogP contribution in [0, 0.1) is 0 Å². The lowest BCUT2D eigenvalue weighted by atomic mass is 9.99. The molecule has 0 N–H and O–H groups in total. The highest BCUT2D eigenvalue weighted by Crippen LogP contribution is 2.38. The molecule has 0 nitrogen and oxygen atoms in total. The van der Waals surface area contributed by atoms with Crippen LogP contribution in [0.4, 0.5) is 0 Å². The highest BCUT2D eigenvalue weighted by molar-refractivity contribution is 5.91. The summed E-state index contributed by atoms with van der Waals surface area (Å²) in [5.74, 6) is 0. The van der Waals surface area contributed by atoms with Gasteiger partial charge in [0.15, 0.2) is 0 Å². The summed E-state index contributed by atoms with van der Waals surface area (Å²) in [6.45, 7) is 0. The van der Waals surface area contributed by atoms with Crippen LogP contribution in [0.1, 0.15) is 22.3 Å². The molecular weight excluding hydrogens is 312 g/mol. The van der Waals surface area contributed by atoms with E-state index in [-0.39, 0.29) is 0 Å². The van der Waals surface area contributed by atoms with Crippen molar-refractivity contribution in [3.63, 3.8) is 0 Å². The summed E-state index contributed by atoms with van der Waals surface area (Å²) in [7, 11) is 0. The normalized spacial score (nSPS) is 15.1. The highest BCUT2D eigenvalue weighted by Gasteiger charge is 2.21. The molecule has 0 spiro atoms. The number of benzene rings is 4. The largest absolute Gasteiger partial charge is 0.0616 e. The first kappa shape index (κ1) is 14.1. The predicted molar refractivity (Wildman–Crippen MR) is 111 cm³/mol. The average Bonchev–Trinajstić information content (AvgIpc) is 3.27. The van der Waals surface area contributed by atoms with Gasteiger partial charge in [-0.3, -0.25) is 0 Å². The molecule has 0 saturated carbocycles. The smallest absolute Gasteiger partial charge is 0.00165 e. The summed E-state index contributed by atoms with van der Waals surface area (Å²) in [6.07, 6.45) is 6.91. The van der Waals surface area contributed by atoms with Gasteiger partial charge in [0, 0.05) is 0 Å². The molecule has 0 atom stereocenters. The van der Waals surface area contributed by atoms with Crippen molar-refractivity contribution in [2.24, 2.45) is 0 Å². The van der Waals surface area contributed by atoms with E-state index in [1.54, 1.807) is 0 Å². The number of hydrogen-bond acceptors (Lipinski definition) is 0. The van der Waals surface area contributed by atoms with E-state index in [9.17, 15) is 0 Å². The molecule has 2 aliphatic carbocycles. The Morgan fingerprint density at radius 3 is 1.27 bits per heavy atom. The second-order valence-electron chi connectivity index (χ2n) is 7.49. The van der Waals surface area contributed by atoms with Crippen molar-refractivity contribution in [3.05, 3.63) is 106 Å². The molecule has 0 amide bonds. The fourth-order valence-corrected chi connectivity index (χ4v) is 4.49. The molecule has 0 aromatic heterocycles. The Morgan fingerprint density at radius 2 is 0.846 bits per heavy atom. The summed E-state index contributed by atoms with van der Waals surface area (Å²) in [5, 5.41) is 5.35. The molecule has 4 aromatic rings. The molecule has 0 radical (unpaired) electrons. The first-order valence-electron chi connectivity index (χ1n) is 9.28. The van der Waals surface area contributed by atoms with E-state index >= 15 is 0 Å². The Hall–Kier alpha value is -3.12. The Balaban J connectivity index is 1.40. The first-order chi connectivity index (χ1) is 12.8. The molecule has 0 heterocycles. The highest BCUT2D eigenvalue weighted by atomic mass is 14.3. The van der Waals surface area contributed by atoms with Crippen LogP contribution in [0.5, 0.6) is 0 Å². The van der Waals surface area contributed by atoms with E-state index in [0.29, 0.717) is 0 Å². The standard InChI is InChI=1S/C26H18/c1-2-6-18-10-22-14-25(13-21(22)9-17(18)5-1)26-15-23-11-19-7-3-4-8-20(19)12-24(23)16-26/h1-13,15H,14,16H2. The molecule has 0 aliphatic heterocycles. The third kappa shape index (κ3) is 2.09. The van der Waals surface area contributed by atoms with E-state index in [2.05, 4.69) is 84.9 Å². The van der Waals surface area contributed by atoms with Gasteiger partial charge in [0.1, 0.15) is 0 Å². The van der Waals surface area contributed by atoms with Crippen LogP contribution in [0.25, 0.3) is 33.7 Å². The van der Waals surface area contributed by atoms with Gasteiger partial charge in [-0.25, -0.2) is 0 Å². The molecule has 0 fully saturated rings. The molecule has 0 unspecified atom stereocenters. The number of fused-ring (bicyclic) bond motifs is 4. The fraction of sp³-hybridized carbons (Fsp3) is 0.0769. The molecule has 2 aliphatic rings. The summed E-state index contributed by atoms with van der Waals surface area (Å²) in [4.78, 5) is 0. The van der Waals surface area contributed by atoms with Gasteiger partial charge in [0.2, 0.25) is 0 Å². The number of allylic oxidation sites excluding steroid dienone is 2. The summed E-state index contributed by atoms with van der Waals surface area (Å²) < 4.78 is 0. The first-order valence-corrected chi connectivity index (χ1v) is 9.28. The zero-order valence-electron chi connectivity index (χ0n) is 14.5. The SMILES string of the molecule is C1=C(C2=Cc3cc4ccccc4cc3C2)Cc2cc3ccccc3cc21. The maximum absolute atomic E-state index is 2.40. The van der Waals surface area contributed by atoms with Crippen molar-refractivity contribution in [2.45, 2.75) is 12.8 Å². The lowest BCUT2D eigenvalue weighted by Crippen LogP contribution is -1.91. The van der Waals surface area contributed by atoms with Crippen LogP contribution in [-0.2, 0) is 12.8 Å². The van der Waals surface area contributed by atoms with E-state index in [1.807, 2.05) is 0 Å². The van der Waals surface area contributed by atoms with Gasteiger partial charge >= 0.3 is 0 Å². The van der Waals surface area contributed by atoms with Crippen LogP contribution in [0.15, 0.2) is 83.9 Å². The Kier molecular flexibility index (Phi) is 2.81. The number of hydrogen-bond donors (Lipinski definition) is 0. The maximum Gasteiger partial charge on any atom is -0.00165 e. The molecular formula is C26H18. The number of rotatable bonds is 1. The van der Waals surface area contributed by atoms with E-state index < -0.39 is 0 Å². The van der Waals surface area contributed by atoms with Gasteiger partial charge < -0.3 is 0 Å². The lowest BCUT2D eigenvalue weighted by Gasteiger charge is -2.05. The van der Waals surface area contributed by atoms with E-state index in [4.69, 9.17) is 0 Å². The summed E-state index contributed by atoms with van der Waals surface area (Å²) in [5.41, 5.74) is 8.66. The zero-order valence-corrected chi connectivity index (χ0v) is 14.5. The van der Waals surface area contributed by atoms with Crippen molar-refractivity contribution in [2.75, 3.05) is 0 Å². The molecule has 0 heteroatoms. The van der Waals surface area contributed by atoms with E-state index in [1.165, 1.54) is 54.9 Å². The maximum atomic E-state index is 2.40. The summed E-state index contributed by atoms with van der Waals surface area (Å²) in [6, 6.07) is 26.7. The van der Waals surface area contributed by atoms with Crippen LogP contribution >= 0.6 is 0 Å². The van der Waals surface area contributed by atoms with Crippen molar-refractivity contribution >= 4 is 33.7 Å². The quantitative estimate of drug-likeness (QED) is 0.370. The van der Waals surface area contributed by atoms with E-state index in [0.717, 1.165) is 12.8 Å². The second kappa shape index (κ2) is 5.19. The molecule has 4 aromatic carbocycles. The predicted octanol–water partition coefficient (Wildman–Crippen LogP) is 6.57. The molecule has 0 bridgehead atoms. The lowest BCUT2D eigenvalue weighted by molar-refractivity contribution is 1.14. The van der Waals surface area contributed by atoms with Crippen LogP contribution in [0.3, 0.4) is 0 Å². The van der Waals surface area contributed by atoms with Gasteiger partial charge in [-0.1, -0.05) is 72.8 Å². The molecule has 0 saturated heterocycles. The third-order valence-electron chi connectivity index (χ3n) is 5.85.